The van der Waals surface area contributed by atoms with Gasteiger partial charge in [-0.2, -0.15) is 5.26 Å². The molecule has 0 radical (unpaired) electrons. The molecule has 2 aromatic rings. The Labute approximate surface area is 176 Å². The third kappa shape index (κ3) is 5.86. The number of ether oxygens (including phenoxy) is 1. The second-order valence-electron chi connectivity index (χ2n) is 8.48. The monoisotopic (exact) mass is 389 g/mol. The van der Waals surface area contributed by atoms with Crippen LogP contribution in [0.2, 0.25) is 0 Å². The van der Waals surface area contributed by atoms with Gasteiger partial charge in [0.1, 0.15) is 5.75 Å². The Morgan fingerprint density at radius 3 is 2.07 bits per heavy atom. The van der Waals surface area contributed by atoms with Gasteiger partial charge in [-0.1, -0.05) is 63.1 Å². The zero-order chi connectivity index (χ0) is 20.5. The molecular formula is C27H35NO. The first-order chi connectivity index (χ1) is 14.2. The molecule has 1 saturated carbocycles. The van der Waals surface area contributed by atoms with E-state index in [0.717, 1.165) is 38.0 Å². The summed E-state index contributed by atoms with van der Waals surface area (Å²) >= 11 is 0. The van der Waals surface area contributed by atoms with Crippen LogP contribution in [-0.2, 0) is 0 Å². The van der Waals surface area contributed by atoms with Crippen LogP contribution in [0.3, 0.4) is 0 Å². The molecule has 1 atom stereocenters. The average Bonchev–Trinajstić information content (AvgIpc) is 2.78. The highest BCUT2D eigenvalue weighted by atomic mass is 16.5. The summed E-state index contributed by atoms with van der Waals surface area (Å²) in [6, 6.07) is 20.1. The molecule has 0 aliphatic heterocycles. The maximum atomic E-state index is 9.44. The second-order valence-corrected chi connectivity index (χ2v) is 8.48. The molecule has 0 saturated heterocycles. The van der Waals surface area contributed by atoms with Crippen molar-refractivity contribution in [2.24, 2.45) is 11.8 Å². The summed E-state index contributed by atoms with van der Waals surface area (Å²) < 4.78 is 5.76. The van der Waals surface area contributed by atoms with Gasteiger partial charge in [-0.15, -0.1) is 0 Å². The van der Waals surface area contributed by atoms with E-state index in [1.807, 2.05) is 0 Å². The SMILES string of the molecule is CCCCOc1ccc(-c2ccc(C3CCC(C(C#N)CCC)CC3)cc2)cc1. The maximum absolute atomic E-state index is 9.44. The fourth-order valence-electron chi connectivity index (χ4n) is 4.60. The zero-order valence-corrected chi connectivity index (χ0v) is 18.1. The highest BCUT2D eigenvalue weighted by molar-refractivity contribution is 5.64. The molecule has 0 heterocycles. The van der Waals surface area contributed by atoms with Gasteiger partial charge in [0.2, 0.25) is 0 Å². The van der Waals surface area contributed by atoms with E-state index in [1.165, 1.54) is 42.4 Å². The lowest BCUT2D eigenvalue weighted by Gasteiger charge is -2.31. The standard InChI is InChI=1S/C27H35NO/c1-3-5-19-29-27-17-15-24(16-18-27)23-9-7-21(8-10-23)22-11-13-25(14-12-22)26(20-28)6-4-2/h7-10,15-18,22,25-26H,3-6,11-14,19H2,1-2H3. The lowest BCUT2D eigenvalue weighted by molar-refractivity contribution is 0.259. The van der Waals surface area contributed by atoms with Gasteiger partial charge in [0, 0.05) is 5.92 Å². The number of nitrogens with zero attached hydrogens (tertiary/aromatic N) is 1. The van der Waals surface area contributed by atoms with Crippen LogP contribution >= 0.6 is 0 Å². The summed E-state index contributed by atoms with van der Waals surface area (Å²) in [6.07, 6.45) is 9.26. The van der Waals surface area contributed by atoms with Crippen molar-refractivity contribution < 1.29 is 4.74 Å². The Bertz CT molecular complexity index is 764. The van der Waals surface area contributed by atoms with Crippen LogP contribution in [0.1, 0.15) is 76.7 Å². The fourth-order valence-corrected chi connectivity index (χ4v) is 4.60. The molecule has 0 bridgehead atoms. The van der Waals surface area contributed by atoms with Crippen LogP contribution in [0.25, 0.3) is 11.1 Å². The first kappa shape index (κ1) is 21.4. The van der Waals surface area contributed by atoms with Crippen molar-refractivity contribution in [3.63, 3.8) is 0 Å². The summed E-state index contributed by atoms with van der Waals surface area (Å²) in [7, 11) is 0. The molecule has 0 aromatic heterocycles. The number of unbranched alkanes of at least 4 members (excludes halogenated alkanes) is 1. The molecule has 154 valence electrons. The largest absolute Gasteiger partial charge is 0.494 e. The van der Waals surface area contributed by atoms with E-state index < -0.39 is 0 Å². The third-order valence-corrected chi connectivity index (χ3v) is 6.44. The molecular weight excluding hydrogens is 354 g/mol. The lowest BCUT2D eigenvalue weighted by atomic mass is 9.73. The molecule has 2 heteroatoms. The van der Waals surface area contributed by atoms with Crippen molar-refractivity contribution in [1.29, 1.82) is 5.26 Å². The van der Waals surface area contributed by atoms with Crippen molar-refractivity contribution in [2.75, 3.05) is 6.61 Å². The summed E-state index contributed by atoms with van der Waals surface area (Å²) in [5, 5.41) is 9.44. The van der Waals surface area contributed by atoms with E-state index in [9.17, 15) is 5.26 Å². The van der Waals surface area contributed by atoms with Crippen molar-refractivity contribution in [3.8, 4) is 22.9 Å². The number of hydrogen-bond donors (Lipinski definition) is 0. The fraction of sp³-hybridized carbons (Fsp3) is 0.519. The molecule has 2 aromatic carbocycles. The first-order valence-electron chi connectivity index (χ1n) is 11.5. The summed E-state index contributed by atoms with van der Waals surface area (Å²) in [5.41, 5.74) is 3.95. The Balaban J connectivity index is 1.56. The number of rotatable bonds is 9. The second kappa shape index (κ2) is 11.1. The molecule has 1 unspecified atom stereocenters. The minimum Gasteiger partial charge on any atom is -0.494 e. The molecule has 1 aliphatic rings. The van der Waals surface area contributed by atoms with E-state index in [4.69, 9.17) is 4.74 Å². The quantitative estimate of drug-likeness (QED) is 0.411. The first-order valence-corrected chi connectivity index (χ1v) is 11.5. The number of benzene rings is 2. The van der Waals surface area contributed by atoms with E-state index in [-0.39, 0.29) is 5.92 Å². The van der Waals surface area contributed by atoms with E-state index in [2.05, 4.69) is 68.4 Å². The molecule has 1 aliphatic carbocycles. The molecule has 2 nitrogen and oxygen atoms in total. The Hall–Kier alpha value is -2.27. The van der Waals surface area contributed by atoms with Crippen molar-refractivity contribution >= 4 is 0 Å². The van der Waals surface area contributed by atoms with Crippen molar-refractivity contribution in [3.05, 3.63) is 54.1 Å². The molecule has 0 spiro atoms. The van der Waals surface area contributed by atoms with Crippen LogP contribution in [0, 0.1) is 23.2 Å². The van der Waals surface area contributed by atoms with Gasteiger partial charge in [-0.05, 0) is 79.2 Å². The Kier molecular flexibility index (Phi) is 8.17. The van der Waals surface area contributed by atoms with Gasteiger partial charge in [-0.3, -0.25) is 0 Å². The van der Waals surface area contributed by atoms with Crippen LogP contribution in [0.5, 0.6) is 5.75 Å². The van der Waals surface area contributed by atoms with Gasteiger partial charge < -0.3 is 4.74 Å². The smallest absolute Gasteiger partial charge is 0.119 e. The third-order valence-electron chi connectivity index (χ3n) is 6.44. The van der Waals surface area contributed by atoms with Crippen LogP contribution in [-0.4, -0.2) is 6.61 Å². The molecule has 1 fully saturated rings. The maximum Gasteiger partial charge on any atom is 0.119 e. The molecule has 29 heavy (non-hydrogen) atoms. The van der Waals surface area contributed by atoms with Gasteiger partial charge in [-0.25, -0.2) is 0 Å². The predicted molar refractivity (Wildman–Crippen MR) is 121 cm³/mol. The minimum atomic E-state index is 0.261. The van der Waals surface area contributed by atoms with Gasteiger partial charge in [0.25, 0.3) is 0 Å². The summed E-state index contributed by atoms with van der Waals surface area (Å²) in [5.74, 6) is 2.47. The number of hydrogen-bond acceptors (Lipinski definition) is 2. The van der Waals surface area contributed by atoms with Crippen LogP contribution < -0.4 is 4.74 Å². The van der Waals surface area contributed by atoms with Crippen LogP contribution in [0.4, 0.5) is 0 Å². The topological polar surface area (TPSA) is 33.0 Å². The molecule has 0 N–H and O–H groups in total. The lowest BCUT2D eigenvalue weighted by Crippen LogP contribution is -2.20. The summed E-state index contributed by atoms with van der Waals surface area (Å²) in [4.78, 5) is 0. The summed E-state index contributed by atoms with van der Waals surface area (Å²) in [6.45, 7) is 5.15. The normalized spacial score (nSPS) is 20.0. The predicted octanol–water partition coefficient (Wildman–Crippen LogP) is 7.75. The highest BCUT2D eigenvalue weighted by Crippen LogP contribution is 2.40. The van der Waals surface area contributed by atoms with E-state index >= 15 is 0 Å². The van der Waals surface area contributed by atoms with Crippen molar-refractivity contribution in [1.82, 2.24) is 0 Å². The van der Waals surface area contributed by atoms with Gasteiger partial charge in [0.15, 0.2) is 0 Å². The molecule has 0 amide bonds. The molecule has 3 rings (SSSR count). The highest BCUT2D eigenvalue weighted by Gasteiger charge is 2.27. The number of nitriles is 1. The minimum absolute atomic E-state index is 0.261. The van der Waals surface area contributed by atoms with Crippen LogP contribution in [0.15, 0.2) is 48.5 Å². The average molecular weight is 390 g/mol. The van der Waals surface area contributed by atoms with E-state index in [0.29, 0.717) is 11.8 Å². The van der Waals surface area contributed by atoms with Crippen molar-refractivity contribution in [2.45, 2.75) is 71.1 Å². The van der Waals surface area contributed by atoms with E-state index in [1.54, 1.807) is 0 Å². The zero-order valence-electron chi connectivity index (χ0n) is 18.1. The Morgan fingerprint density at radius 1 is 0.897 bits per heavy atom. The van der Waals surface area contributed by atoms with Gasteiger partial charge in [0.05, 0.1) is 12.7 Å². The Morgan fingerprint density at radius 2 is 1.52 bits per heavy atom. The van der Waals surface area contributed by atoms with Gasteiger partial charge >= 0.3 is 0 Å².